The summed E-state index contributed by atoms with van der Waals surface area (Å²) >= 11 is 0. The number of anilines is 1. The highest BCUT2D eigenvalue weighted by Crippen LogP contribution is 2.35. The Morgan fingerprint density at radius 2 is 2.16 bits per heavy atom. The first-order valence-corrected chi connectivity index (χ1v) is 9.21. The van der Waals surface area contributed by atoms with Crippen LogP contribution in [0.5, 0.6) is 5.75 Å². The van der Waals surface area contributed by atoms with Crippen LogP contribution in [0.3, 0.4) is 0 Å². The van der Waals surface area contributed by atoms with E-state index in [-0.39, 0.29) is 11.8 Å². The fourth-order valence-electron chi connectivity index (χ4n) is 3.27. The van der Waals surface area contributed by atoms with Crippen LogP contribution in [0.4, 0.5) is 10.1 Å². The monoisotopic (exact) mass is 371 g/mol. The minimum absolute atomic E-state index is 0.0108. The van der Waals surface area contributed by atoms with Gasteiger partial charge in [0.1, 0.15) is 18.0 Å². The molecule has 2 aliphatic rings. The minimum Gasteiger partial charge on any atom is -0.506 e. The molecule has 2 N–H and O–H groups in total. The highest BCUT2D eigenvalue weighted by atomic mass is 32.2. The number of phenolic OH excluding ortho intramolecular Hbond substituents is 1. The van der Waals surface area contributed by atoms with Gasteiger partial charge in [-0.15, -0.1) is 0 Å². The molecule has 2 fully saturated rings. The number of carbonyl (C=O) groups is 2. The van der Waals surface area contributed by atoms with E-state index < -0.39 is 39.9 Å². The quantitative estimate of drug-likeness (QED) is 0.785. The number of nitrogens with one attached hydrogen (secondary N) is 1. The smallest absolute Gasteiger partial charge is 0.326 e. The molecule has 1 unspecified atom stereocenters. The third-order valence-electron chi connectivity index (χ3n) is 4.43. The Kier molecular flexibility index (Phi) is 4.31. The van der Waals surface area contributed by atoms with E-state index in [0.717, 1.165) is 12.5 Å². The molecule has 0 bridgehead atoms. The number of aromatic hydroxyl groups is 1. The van der Waals surface area contributed by atoms with Gasteiger partial charge in [-0.05, 0) is 36.5 Å². The molecule has 1 atom stereocenters. The fourth-order valence-corrected chi connectivity index (χ4v) is 4.44. The zero-order valence-electron chi connectivity index (χ0n) is 13.5. The molecule has 2 saturated heterocycles. The van der Waals surface area contributed by atoms with Crippen molar-refractivity contribution < 1.29 is 27.5 Å². The summed E-state index contributed by atoms with van der Waals surface area (Å²) in [6.45, 7) is 2.13. The highest BCUT2D eigenvalue weighted by molar-refractivity contribution is 7.92. The Bertz CT molecular complexity index is 819. The molecule has 8 nitrogen and oxygen atoms in total. The van der Waals surface area contributed by atoms with Gasteiger partial charge in [-0.2, -0.15) is 8.42 Å². The highest BCUT2D eigenvalue weighted by Gasteiger charge is 2.37. The Balaban J connectivity index is 1.82. The average molecular weight is 371 g/mol. The number of carbonyl (C=O) groups excluding carboxylic acids is 2. The van der Waals surface area contributed by atoms with Gasteiger partial charge in [0.15, 0.2) is 5.82 Å². The van der Waals surface area contributed by atoms with Gasteiger partial charge < -0.3 is 10.0 Å². The number of nitrogens with zero attached hydrogens (tertiary/aromatic N) is 2. The summed E-state index contributed by atoms with van der Waals surface area (Å²) in [5.74, 6) is -2.12. The molecule has 10 heteroatoms. The number of benzene rings is 1. The number of phenols is 1. The van der Waals surface area contributed by atoms with Gasteiger partial charge >= 0.3 is 10.2 Å². The van der Waals surface area contributed by atoms with Crippen LogP contribution in [0.15, 0.2) is 12.1 Å². The molecule has 2 heterocycles. The molecule has 2 aliphatic heterocycles. The molecule has 3 rings (SSSR count). The summed E-state index contributed by atoms with van der Waals surface area (Å²) in [6, 6.07) is 2.46. The maximum Gasteiger partial charge on any atom is 0.326 e. The van der Waals surface area contributed by atoms with Crippen molar-refractivity contribution in [3.63, 3.8) is 0 Å². The summed E-state index contributed by atoms with van der Waals surface area (Å²) in [5.41, 5.74) is -0.0380. The molecule has 25 heavy (non-hydrogen) atoms. The molecular formula is C15H18FN3O5S. The summed E-state index contributed by atoms with van der Waals surface area (Å²) in [6.07, 6.45) is 1.24. The van der Waals surface area contributed by atoms with Gasteiger partial charge in [-0.3, -0.25) is 9.59 Å². The van der Waals surface area contributed by atoms with E-state index in [0.29, 0.717) is 29.4 Å². The van der Waals surface area contributed by atoms with Crippen LogP contribution in [0.2, 0.25) is 0 Å². The van der Waals surface area contributed by atoms with E-state index in [1.807, 2.05) is 0 Å². The number of hydrogen-bond donors (Lipinski definition) is 2. The Labute approximate surface area is 144 Å². The molecule has 0 radical (unpaired) electrons. The van der Waals surface area contributed by atoms with Crippen LogP contribution in [0, 0.1) is 11.7 Å². The summed E-state index contributed by atoms with van der Waals surface area (Å²) in [4.78, 5) is 24.4. The van der Waals surface area contributed by atoms with Crippen LogP contribution in [-0.4, -0.2) is 49.9 Å². The maximum atomic E-state index is 14.4. The van der Waals surface area contributed by atoms with Gasteiger partial charge in [0.2, 0.25) is 5.91 Å². The first-order chi connectivity index (χ1) is 11.7. The normalized spacial score (nSPS) is 22.3. The zero-order chi connectivity index (χ0) is 18.4. The Hall–Kier alpha value is -2.36. The van der Waals surface area contributed by atoms with Gasteiger partial charge in [0, 0.05) is 20.0 Å². The van der Waals surface area contributed by atoms with E-state index in [1.165, 1.54) is 13.0 Å². The summed E-state index contributed by atoms with van der Waals surface area (Å²) < 4.78 is 40.3. The van der Waals surface area contributed by atoms with Crippen molar-refractivity contribution in [2.24, 2.45) is 5.92 Å². The lowest BCUT2D eigenvalue weighted by atomic mass is 9.98. The minimum atomic E-state index is -4.20. The number of hydrogen-bond acceptors (Lipinski definition) is 5. The second kappa shape index (κ2) is 6.17. The average Bonchev–Trinajstić information content (AvgIpc) is 3.03. The number of amides is 2. The number of likely N-dealkylation sites (tertiary alicyclic amines) is 1. The fraction of sp³-hybridized carbons (Fsp3) is 0.467. The lowest BCUT2D eigenvalue weighted by molar-refractivity contribution is -0.127. The molecule has 136 valence electrons. The lowest BCUT2D eigenvalue weighted by Gasteiger charge is -2.18. The van der Waals surface area contributed by atoms with Crippen LogP contribution in [0.1, 0.15) is 18.9 Å². The van der Waals surface area contributed by atoms with E-state index >= 15 is 0 Å². The van der Waals surface area contributed by atoms with Crippen LogP contribution in [0.25, 0.3) is 0 Å². The zero-order valence-corrected chi connectivity index (χ0v) is 14.3. The lowest BCUT2D eigenvalue weighted by Crippen LogP contribution is -2.30. The van der Waals surface area contributed by atoms with Crippen molar-refractivity contribution in [1.82, 2.24) is 9.62 Å². The number of rotatable bonds is 3. The van der Waals surface area contributed by atoms with Gasteiger partial charge in [-0.1, -0.05) is 0 Å². The molecule has 1 aromatic carbocycles. The summed E-state index contributed by atoms with van der Waals surface area (Å²) in [5, 5.41) is 10.1. The van der Waals surface area contributed by atoms with Gasteiger partial charge in [0.05, 0.1) is 0 Å². The number of halogens is 1. The third-order valence-corrected chi connectivity index (χ3v) is 5.81. The van der Waals surface area contributed by atoms with Crippen molar-refractivity contribution in [3.8, 4) is 5.75 Å². The standard InChI is InChI=1S/C15H18FN3O5S/c1-9(20)18-3-2-10(7-18)4-11-5-12(16)15(13(21)6-11)19-8-14(22)17-25(19,23)24/h5-6,10,21H,2-4,7-8H2,1H3,(H,17,22). The molecule has 2 amide bonds. The molecule has 0 saturated carbocycles. The van der Waals surface area contributed by atoms with E-state index in [2.05, 4.69) is 0 Å². The largest absolute Gasteiger partial charge is 0.506 e. The molecule has 0 spiro atoms. The second-order valence-corrected chi connectivity index (χ2v) is 7.90. The van der Waals surface area contributed by atoms with Gasteiger partial charge in [0.25, 0.3) is 5.91 Å². The predicted molar refractivity (Wildman–Crippen MR) is 86.5 cm³/mol. The van der Waals surface area contributed by atoms with Crippen LogP contribution in [-0.2, 0) is 26.2 Å². The predicted octanol–water partition coefficient (Wildman–Crippen LogP) is 0.123. The van der Waals surface area contributed by atoms with Crippen molar-refractivity contribution in [2.75, 3.05) is 23.9 Å². The molecule has 0 aliphatic carbocycles. The summed E-state index contributed by atoms with van der Waals surface area (Å²) in [7, 11) is -4.20. The SMILES string of the molecule is CC(=O)N1CCC(Cc2cc(O)c(N3CC(=O)NS3(=O)=O)c(F)c2)C1. The topological polar surface area (TPSA) is 107 Å². The van der Waals surface area contributed by atoms with Crippen LogP contribution >= 0.6 is 0 Å². The first kappa shape index (κ1) is 17.5. The van der Waals surface area contributed by atoms with Crippen molar-refractivity contribution >= 4 is 27.7 Å². The second-order valence-electron chi connectivity index (χ2n) is 6.31. The van der Waals surface area contributed by atoms with Gasteiger partial charge in [-0.25, -0.2) is 13.4 Å². The van der Waals surface area contributed by atoms with Crippen LogP contribution < -0.4 is 9.03 Å². The van der Waals surface area contributed by atoms with Crippen molar-refractivity contribution in [3.05, 3.63) is 23.5 Å². The Morgan fingerprint density at radius 3 is 2.68 bits per heavy atom. The maximum absolute atomic E-state index is 14.4. The Morgan fingerprint density at radius 1 is 1.44 bits per heavy atom. The molecule has 0 aromatic heterocycles. The van der Waals surface area contributed by atoms with Crippen molar-refractivity contribution in [1.29, 1.82) is 0 Å². The molecule has 1 aromatic rings. The van der Waals surface area contributed by atoms with E-state index in [1.54, 1.807) is 9.62 Å². The van der Waals surface area contributed by atoms with Crippen molar-refractivity contribution in [2.45, 2.75) is 19.8 Å². The van der Waals surface area contributed by atoms with E-state index in [4.69, 9.17) is 0 Å². The third kappa shape index (κ3) is 3.39. The first-order valence-electron chi connectivity index (χ1n) is 7.77. The molecular weight excluding hydrogens is 353 g/mol. The van der Waals surface area contributed by atoms with E-state index in [9.17, 15) is 27.5 Å².